The third kappa shape index (κ3) is 5.75. The topological polar surface area (TPSA) is 110 Å². The van der Waals surface area contributed by atoms with E-state index in [-0.39, 0.29) is 31.0 Å². The molecule has 2 aromatic heterocycles. The lowest BCUT2D eigenvalue weighted by atomic mass is 9.92. The summed E-state index contributed by atoms with van der Waals surface area (Å²) >= 11 is 6.32. The smallest absolute Gasteiger partial charge is 0.246 e. The Hall–Kier alpha value is -3.65. The molecule has 1 amide bonds. The lowest BCUT2D eigenvalue weighted by Crippen LogP contribution is -2.60. The van der Waals surface area contributed by atoms with Crippen LogP contribution in [0.2, 0.25) is 5.02 Å². The second kappa shape index (κ2) is 11.3. The number of fused-ring (bicyclic) bond motifs is 1. The van der Waals surface area contributed by atoms with Gasteiger partial charge in [-0.2, -0.15) is 0 Å². The number of aliphatic hydroxyl groups is 1. The first kappa shape index (κ1) is 28.9. The summed E-state index contributed by atoms with van der Waals surface area (Å²) in [6.07, 6.45) is 2.07. The van der Waals surface area contributed by atoms with E-state index in [1.54, 1.807) is 27.0 Å². The molecular formula is C30H34ClFN6O3. The lowest BCUT2D eigenvalue weighted by Gasteiger charge is -2.46. The average Bonchev–Trinajstić information content (AvgIpc) is 3.21. The highest BCUT2D eigenvalue weighted by molar-refractivity contribution is 6.32. The van der Waals surface area contributed by atoms with Gasteiger partial charge in [-0.25, -0.2) is 14.4 Å². The number of carbonyl (C=O) groups is 1. The summed E-state index contributed by atoms with van der Waals surface area (Å²) in [4.78, 5) is 24.2. The van der Waals surface area contributed by atoms with E-state index in [1.807, 2.05) is 16.7 Å². The minimum atomic E-state index is -1.12. The van der Waals surface area contributed by atoms with Gasteiger partial charge >= 0.3 is 0 Å². The third-order valence-electron chi connectivity index (χ3n) is 7.62. The number of halogens is 2. The standard InChI is InChI=1S/C30H34ClFN6O3/c1-5-25(39)36-11-10-22(21(32)15-36)37-13-18(14-37)6-9-23-26(19-7-8-20(31)24(12-19)41-4)27-28(33)34-17-35-29(27)38(23)16-30(2,3)40/h5,7-8,12,17-18,21-22,40H,1,10-11,13-16H2,2-4H3,(H2,33,34,35)/t21-,22+/m1/s1. The van der Waals surface area contributed by atoms with Crippen LogP contribution in [0.3, 0.4) is 0 Å². The Bertz CT molecular complexity index is 1550. The highest BCUT2D eigenvalue weighted by Crippen LogP contribution is 2.40. The van der Waals surface area contributed by atoms with Crippen LogP contribution in [0, 0.1) is 17.8 Å². The summed E-state index contributed by atoms with van der Waals surface area (Å²) in [5, 5.41) is 11.9. The molecule has 2 aliphatic rings. The fourth-order valence-electron chi connectivity index (χ4n) is 5.64. The lowest BCUT2D eigenvalue weighted by molar-refractivity contribution is -0.130. The second-order valence-electron chi connectivity index (χ2n) is 11.2. The summed E-state index contributed by atoms with van der Waals surface area (Å²) < 4.78 is 22.3. The van der Waals surface area contributed by atoms with Crippen molar-refractivity contribution in [3.05, 3.63) is 47.9 Å². The zero-order chi connectivity index (χ0) is 29.5. The molecule has 0 radical (unpaired) electrons. The molecule has 3 aromatic rings. The number of alkyl halides is 1. The van der Waals surface area contributed by atoms with Gasteiger partial charge < -0.3 is 25.0 Å². The summed E-state index contributed by atoms with van der Waals surface area (Å²) in [5.74, 6) is 7.31. The molecule has 11 heteroatoms. The number of methoxy groups -OCH3 is 1. The van der Waals surface area contributed by atoms with E-state index in [4.69, 9.17) is 22.1 Å². The number of hydrogen-bond acceptors (Lipinski definition) is 7. The predicted octanol–water partition coefficient (Wildman–Crippen LogP) is 3.52. The molecule has 5 rings (SSSR count). The van der Waals surface area contributed by atoms with Gasteiger partial charge in [0.05, 0.1) is 36.2 Å². The van der Waals surface area contributed by atoms with Crippen molar-refractivity contribution in [3.63, 3.8) is 0 Å². The van der Waals surface area contributed by atoms with Crippen molar-refractivity contribution >= 4 is 34.4 Å². The van der Waals surface area contributed by atoms with E-state index >= 15 is 0 Å². The van der Waals surface area contributed by atoms with Crippen molar-refractivity contribution in [1.82, 2.24) is 24.3 Å². The Morgan fingerprint density at radius 2 is 2.10 bits per heavy atom. The van der Waals surface area contributed by atoms with E-state index in [0.717, 1.165) is 11.1 Å². The molecule has 9 nitrogen and oxygen atoms in total. The molecule has 41 heavy (non-hydrogen) atoms. The number of aromatic nitrogens is 3. The largest absolute Gasteiger partial charge is 0.495 e. The first-order chi connectivity index (χ1) is 19.5. The minimum Gasteiger partial charge on any atom is -0.495 e. The zero-order valence-electron chi connectivity index (χ0n) is 23.4. The second-order valence-corrected chi connectivity index (χ2v) is 11.6. The Balaban J connectivity index is 1.49. The molecule has 2 aliphatic heterocycles. The molecule has 2 atom stereocenters. The summed E-state index contributed by atoms with van der Waals surface area (Å²) in [7, 11) is 1.55. The van der Waals surface area contributed by atoms with Gasteiger partial charge in [0.15, 0.2) is 0 Å². The highest BCUT2D eigenvalue weighted by atomic mass is 35.5. The normalized spacial score (nSPS) is 19.9. The maximum atomic E-state index is 15.0. The molecule has 216 valence electrons. The van der Waals surface area contributed by atoms with Crippen LogP contribution in [0.1, 0.15) is 26.0 Å². The Morgan fingerprint density at radius 1 is 1.34 bits per heavy atom. The molecule has 0 saturated carbocycles. The number of likely N-dealkylation sites (tertiary alicyclic amines) is 2. The molecule has 0 aliphatic carbocycles. The molecule has 1 aromatic carbocycles. The van der Waals surface area contributed by atoms with Crippen LogP contribution in [-0.2, 0) is 11.3 Å². The van der Waals surface area contributed by atoms with Crippen LogP contribution in [-0.4, -0.2) is 86.5 Å². The minimum absolute atomic E-state index is 0.0275. The van der Waals surface area contributed by atoms with Gasteiger partial charge in [-0.15, -0.1) is 0 Å². The number of hydrogen-bond donors (Lipinski definition) is 2. The van der Waals surface area contributed by atoms with Gasteiger partial charge in [-0.1, -0.05) is 30.2 Å². The van der Waals surface area contributed by atoms with E-state index in [2.05, 4.69) is 33.3 Å². The Labute approximate surface area is 243 Å². The van der Waals surface area contributed by atoms with E-state index in [1.165, 1.54) is 17.3 Å². The van der Waals surface area contributed by atoms with Gasteiger partial charge in [-0.05, 0) is 50.0 Å². The van der Waals surface area contributed by atoms with Crippen molar-refractivity contribution in [1.29, 1.82) is 0 Å². The number of nitrogens with zero attached hydrogens (tertiary/aromatic N) is 5. The number of nitrogen functional groups attached to an aromatic ring is 1. The van der Waals surface area contributed by atoms with Gasteiger partial charge in [0, 0.05) is 37.2 Å². The fraction of sp³-hybridized carbons (Fsp3) is 0.433. The molecule has 2 fully saturated rings. The first-order valence-electron chi connectivity index (χ1n) is 13.5. The molecule has 3 N–H and O–H groups in total. The van der Waals surface area contributed by atoms with Crippen molar-refractivity contribution in [2.24, 2.45) is 5.92 Å². The summed E-state index contributed by atoms with van der Waals surface area (Å²) in [5.41, 5.74) is 8.01. The maximum Gasteiger partial charge on any atom is 0.246 e. The van der Waals surface area contributed by atoms with Crippen molar-refractivity contribution < 1.29 is 19.0 Å². The predicted molar refractivity (Wildman–Crippen MR) is 157 cm³/mol. The van der Waals surface area contributed by atoms with Gasteiger partial charge in [0.25, 0.3) is 0 Å². The van der Waals surface area contributed by atoms with E-state index in [0.29, 0.717) is 59.4 Å². The van der Waals surface area contributed by atoms with Crippen LogP contribution in [0.15, 0.2) is 37.2 Å². The average molecular weight is 581 g/mol. The van der Waals surface area contributed by atoms with Crippen molar-refractivity contribution in [3.8, 4) is 28.7 Å². The third-order valence-corrected chi connectivity index (χ3v) is 7.93. The first-order valence-corrected chi connectivity index (χ1v) is 13.9. The molecular weight excluding hydrogens is 547 g/mol. The Kier molecular flexibility index (Phi) is 7.97. The number of piperidine rings is 1. The molecule has 2 saturated heterocycles. The zero-order valence-corrected chi connectivity index (χ0v) is 24.2. The molecule has 0 unspecified atom stereocenters. The van der Waals surface area contributed by atoms with Crippen LogP contribution in [0.25, 0.3) is 22.2 Å². The highest BCUT2D eigenvalue weighted by Gasteiger charge is 2.40. The molecule has 0 spiro atoms. The summed E-state index contributed by atoms with van der Waals surface area (Å²) in [6.45, 7) is 9.01. The van der Waals surface area contributed by atoms with Gasteiger partial charge in [-0.3, -0.25) is 9.69 Å². The SMILES string of the molecule is C=CC(=O)N1CC[C@H](N2CC(C#Cc3c(-c4ccc(Cl)c(OC)c4)c4c(N)ncnc4n3CC(C)(C)O)C2)[C@H](F)C1. The van der Waals surface area contributed by atoms with Crippen molar-refractivity contribution in [2.75, 3.05) is 39.0 Å². The number of rotatable bonds is 6. The number of carbonyl (C=O) groups excluding carboxylic acids is 1. The summed E-state index contributed by atoms with van der Waals surface area (Å²) in [6, 6.07) is 5.19. The number of nitrogens with two attached hydrogens (primary N) is 1. The molecule has 0 bridgehead atoms. The quantitative estimate of drug-likeness (QED) is 0.339. The molecule has 4 heterocycles. The van der Waals surface area contributed by atoms with Crippen molar-refractivity contribution in [2.45, 2.75) is 44.6 Å². The monoisotopic (exact) mass is 580 g/mol. The van der Waals surface area contributed by atoms with E-state index in [9.17, 15) is 14.3 Å². The van der Waals surface area contributed by atoms with E-state index < -0.39 is 11.8 Å². The van der Waals surface area contributed by atoms with Crippen LogP contribution < -0.4 is 10.5 Å². The maximum absolute atomic E-state index is 15.0. The Morgan fingerprint density at radius 3 is 2.76 bits per heavy atom. The number of ether oxygens (including phenoxy) is 1. The van der Waals surface area contributed by atoms with Crippen LogP contribution >= 0.6 is 11.6 Å². The number of amides is 1. The number of benzene rings is 1. The fourth-order valence-corrected chi connectivity index (χ4v) is 5.83. The van der Waals surface area contributed by atoms with Crippen LogP contribution in [0.4, 0.5) is 10.2 Å². The van der Waals surface area contributed by atoms with Gasteiger partial charge in [0.1, 0.15) is 35.4 Å². The van der Waals surface area contributed by atoms with Crippen LogP contribution in [0.5, 0.6) is 5.75 Å². The van der Waals surface area contributed by atoms with Gasteiger partial charge in [0.2, 0.25) is 5.91 Å². The number of anilines is 1.